The van der Waals surface area contributed by atoms with Crippen molar-refractivity contribution in [2.24, 2.45) is 0 Å². The number of nitrogens with one attached hydrogen (secondary N) is 1. The van der Waals surface area contributed by atoms with E-state index in [0.717, 1.165) is 12.2 Å². The Hall–Kier alpha value is -2.38. The second-order valence-corrected chi connectivity index (χ2v) is 9.31. The fourth-order valence-corrected chi connectivity index (χ4v) is 4.36. The van der Waals surface area contributed by atoms with Gasteiger partial charge in [0.2, 0.25) is 10.0 Å². The predicted molar refractivity (Wildman–Crippen MR) is 118 cm³/mol. The molecule has 0 heterocycles. The highest BCUT2D eigenvalue weighted by atomic mass is 32.2. The highest BCUT2D eigenvalue weighted by Crippen LogP contribution is 2.18. The topological polar surface area (TPSA) is 69.7 Å². The number of likely N-dealkylation sites (N-methyl/N-ethyl adjacent to an activating group) is 1. The first-order chi connectivity index (χ1) is 13.7. The Morgan fingerprint density at radius 1 is 1.10 bits per heavy atom. The summed E-state index contributed by atoms with van der Waals surface area (Å²) in [7, 11) is -2.09. The average Bonchev–Trinajstić information content (AvgIpc) is 2.70. The molecule has 0 atom stereocenters. The summed E-state index contributed by atoms with van der Waals surface area (Å²) in [6.07, 6.45) is 0. The van der Waals surface area contributed by atoms with Gasteiger partial charge in [-0.2, -0.15) is 4.31 Å². The molecular weight excluding hydrogens is 386 g/mol. The lowest BCUT2D eigenvalue weighted by molar-refractivity contribution is 0.0954. The Kier molecular flexibility index (Phi) is 7.81. The Labute approximate surface area is 174 Å². The maximum Gasteiger partial charge on any atom is 0.251 e. The van der Waals surface area contributed by atoms with Crippen LogP contribution in [0, 0.1) is 6.92 Å². The molecular formula is C22H31N3O3S. The molecule has 1 N–H and O–H groups in total. The van der Waals surface area contributed by atoms with E-state index in [1.807, 2.05) is 19.9 Å². The van der Waals surface area contributed by atoms with Crippen molar-refractivity contribution in [3.63, 3.8) is 0 Å². The lowest BCUT2D eigenvalue weighted by atomic mass is 10.2. The third-order valence-electron chi connectivity index (χ3n) is 4.92. The number of hydrogen-bond acceptors (Lipinski definition) is 4. The molecule has 0 saturated heterocycles. The van der Waals surface area contributed by atoms with E-state index >= 15 is 0 Å². The summed E-state index contributed by atoms with van der Waals surface area (Å²) in [6.45, 7) is 9.70. The Morgan fingerprint density at radius 3 is 2.41 bits per heavy atom. The number of rotatable bonds is 9. The van der Waals surface area contributed by atoms with Crippen molar-refractivity contribution in [2.75, 3.05) is 31.6 Å². The number of aryl methyl sites for hydroxylation is 1. The second kappa shape index (κ2) is 9.89. The van der Waals surface area contributed by atoms with Crippen LogP contribution in [0.15, 0.2) is 53.4 Å². The Bertz CT molecular complexity index is 942. The number of hydrogen-bond donors (Lipinski definition) is 1. The van der Waals surface area contributed by atoms with Gasteiger partial charge in [-0.3, -0.25) is 4.79 Å². The van der Waals surface area contributed by atoms with Crippen molar-refractivity contribution in [1.82, 2.24) is 9.62 Å². The van der Waals surface area contributed by atoms with E-state index in [9.17, 15) is 13.2 Å². The Morgan fingerprint density at radius 2 is 1.79 bits per heavy atom. The van der Waals surface area contributed by atoms with Gasteiger partial charge in [0.1, 0.15) is 0 Å². The molecule has 7 heteroatoms. The van der Waals surface area contributed by atoms with Gasteiger partial charge in [-0.15, -0.1) is 0 Å². The van der Waals surface area contributed by atoms with Crippen LogP contribution >= 0.6 is 0 Å². The fraction of sp³-hybridized carbons (Fsp3) is 0.409. The third kappa shape index (κ3) is 5.81. The van der Waals surface area contributed by atoms with Crippen LogP contribution in [0.3, 0.4) is 0 Å². The number of sulfonamides is 1. The molecule has 2 aromatic rings. The maximum atomic E-state index is 12.7. The van der Waals surface area contributed by atoms with Gasteiger partial charge in [-0.1, -0.05) is 18.2 Å². The summed E-state index contributed by atoms with van der Waals surface area (Å²) in [6, 6.07) is 14.2. The van der Waals surface area contributed by atoms with Crippen LogP contribution in [0.4, 0.5) is 5.69 Å². The molecule has 0 fully saturated rings. The van der Waals surface area contributed by atoms with Crippen LogP contribution in [-0.4, -0.2) is 51.4 Å². The quantitative estimate of drug-likeness (QED) is 0.680. The number of amides is 1. The van der Waals surface area contributed by atoms with E-state index < -0.39 is 10.0 Å². The standard InChI is InChI=1S/C22H31N3O3S/c1-6-25(20-11-7-9-18(4)15-20)14-13-23-22(26)19-10-8-12-21(16-19)29(27,28)24(5)17(2)3/h7-12,15-17H,6,13-14H2,1-5H3,(H,23,26). The summed E-state index contributed by atoms with van der Waals surface area (Å²) in [4.78, 5) is 14.9. The molecule has 2 aromatic carbocycles. The molecule has 0 unspecified atom stereocenters. The lowest BCUT2D eigenvalue weighted by Gasteiger charge is -2.23. The van der Waals surface area contributed by atoms with Crippen LogP contribution in [-0.2, 0) is 10.0 Å². The zero-order valence-corrected chi connectivity index (χ0v) is 18.7. The minimum atomic E-state index is -3.63. The van der Waals surface area contributed by atoms with Crippen molar-refractivity contribution in [3.8, 4) is 0 Å². The Balaban J connectivity index is 2.04. The highest BCUT2D eigenvalue weighted by Gasteiger charge is 2.23. The smallest absolute Gasteiger partial charge is 0.251 e. The summed E-state index contributed by atoms with van der Waals surface area (Å²) >= 11 is 0. The van der Waals surface area contributed by atoms with E-state index in [4.69, 9.17) is 0 Å². The maximum absolute atomic E-state index is 12.7. The molecule has 0 radical (unpaired) electrons. The number of anilines is 1. The zero-order valence-electron chi connectivity index (χ0n) is 17.8. The van der Waals surface area contributed by atoms with Crippen molar-refractivity contribution in [2.45, 2.75) is 38.6 Å². The first-order valence-electron chi connectivity index (χ1n) is 9.84. The van der Waals surface area contributed by atoms with E-state index in [1.54, 1.807) is 12.1 Å². The van der Waals surface area contributed by atoms with E-state index in [0.29, 0.717) is 18.7 Å². The average molecular weight is 418 g/mol. The van der Waals surface area contributed by atoms with E-state index in [-0.39, 0.29) is 16.8 Å². The molecule has 0 aliphatic rings. The first kappa shape index (κ1) is 22.9. The van der Waals surface area contributed by atoms with Gasteiger partial charge in [-0.25, -0.2) is 8.42 Å². The lowest BCUT2D eigenvalue weighted by Crippen LogP contribution is -2.35. The van der Waals surface area contributed by atoms with Gasteiger partial charge < -0.3 is 10.2 Å². The van der Waals surface area contributed by atoms with Crippen molar-refractivity contribution >= 4 is 21.6 Å². The van der Waals surface area contributed by atoms with Crippen LogP contribution in [0.5, 0.6) is 0 Å². The summed E-state index contributed by atoms with van der Waals surface area (Å²) in [5.41, 5.74) is 2.64. The van der Waals surface area contributed by atoms with Crippen LogP contribution in [0.2, 0.25) is 0 Å². The first-order valence-corrected chi connectivity index (χ1v) is 11.3. The molecule has 0 bridgehead atoms. The predicted octanol–water partition coefficient (Wildman–Crippen LogP) is 3.28. The molecule has 29 heavy (non-hydrogen) atoms. The van der Waals surface area contributed by atoms with Crippen molar-refractivity contribution in [3.05, 3.63) is 59.7 Å². The second-order valence-electron chi connectivity index (χ2n) is 7.32. The number of nitrogens with zero attached hydrogens (tertiary/aromatic N) is 2. The molecule has 1 amide bonds. The molecule has 2 rings (SSSR count). The molecule has 0 aromatic heterocycles. The fourth-order valence-electron chi connectivity index (χ4n) is 2.94. The van der Waals surface area contributed by atoms with Gasteiger partial charge >= 0.3 is 0 Å². The van der Waals surface area contributed by atoms with Gasteiger partial charge in [0.05, 0.1) is 4.90 Å². The minimum Gasteiger partial charge on any atom is -0.370 e. The third-order valence-corrected chi connectivity index (χ3v) is 6.95. The number of benzene rings is 2. The summed E-state index contributed by atoms with van der Waals surface area (Å²) < 4.78 is 26.6. The monoisotopic (exact) mass is 417 g/mol. The van der Waals surface area contributed by atoms with Gasteiger partial charge in [0.25, 0.3) is 5.91 Å². The number of carbonyl (C=O) groups excluding carboxylic acids is 1. The SMILES string of the molecule is CCN(CCNC(=O)c1cccc(S(=O)(=O)N(C)C(C)C)c1)c1cccc(C)c1. The normalized spacial score (nSPS) is 11.7. The van der Waals surface area contributed by atoms with Crippen LogP contribution in [0.1, 0.15) is 36.7 Å². The molecule has 0 aliphatic carbocycles. The largest absolute Gasteiger partial charge is 0.370 e. The molecule has 6 nitrogen and oxygen atoms in total. The molecule has 0 saturated carbocycles. The van der Waals surface area contributed by atoms with Crippen molar-refractivity contribution < 1.29 is 13.2 Å². The molecule has 0 spiro atoms. The number of carbonyl (C=O) groups is 1. The molecule has 158 valence electrons. The summed E-state index contributed by atoms with van der Waals surface area (Å²) in [5.74, 6) is -0.283. The van der Waals surface area contributed by atoms with Gasteiger partial charge in [0, 0.05) is 44.0 Å². The van der Waals surface area contributed by atoms with Crippen molar-refractivity contribution in [1.29, 1.82) is 0 Å². The van der Waals surface area contributed by atoms with E-state index in [1.165, 1.54) is 29.0 Å². The molecule has 0 aliphatic heterocycles. The van der Waals surface area contributed by atoms with E-state index in [2.05, 4.69) is 42.3 Å². The minimum absolute atomic E-state index is 0.122. The van der Waals surface area contributed by atoms with Gasteiger partial charge in [0.15, 0.2) is 0 Å². The summed E-state index contributed by atoms with van der Waals surface area (Å²) in [5, 5.41) is 2.89. The van der Waals surface area contributed by atoms with Crippen LogP contribution < -0.4 is 10.2 Å². The highest BCUT2D eigenvalue weighted by molar-refractivity contribution is 7.89. The van der Waals surface area contributed by atoms with Gasteiger partial charge in [-0.05, 0) is 63.6 Å². The van der Waals surface area contributed by atoms with Crippen LogP contribution in [0.25, 0.3) is 0 Å². The zero-order chi connectivity index (χ0) is 21.6.